The Morgan fingerprint density at radius 1 is 1.48 bits per heavy atom. The molecule has 1 N–H and O–H groups in total. The Balaban J connectivity index is 1.60. The SMILES string of the molecule is CCC1(C)CN(C(=O)Nc2cnc(C3CC3)nc2)CCO1. The van der Waals surface area contributed by atoms with Crippen LogP contribution in [0.1, 0.15) is 44.9 Å². The molecule has 0 aromatic carbocycles. The normalized spacial score (nSPS) is 25.7. The molecule has 1 aliphatic heterocycles. The molecule has 1 aromatic rings. The summed E-state index contributed by atoms with van der Waals surface area (Å²) in [6.07, 6.45) is 6.62. The number of nitrogens with one attached hydrogen (secondary N) is 1. The van der Waals surface area contributed by atoms with Crippen LogP contribution >= 0.6 is 0 Å². The van der Waals surface area contributed by atoms with E-state index in [1.54, 1.807) is 17.3 Å². The number of anilines is 1. The summed E-state index contributed by atoms with van der Waals surface area (Å²) >= 11 is 0. The van der Waals surface area contributed by atoms with Crippen LogP contribution < -0.4 is 5.32 Å². The average Bonchev–Trinajstić information content (AvgIpc) is 3.33. The number of ether oxygens (including phenoxy) is 1. The smallest absolute Gasteiger partial charge is 0.322 e. The van der Waals surface area contributed by atoms with E-state index in [9.17, 15) is 4.79 Å². The molecule has 2 amide bonds. The molecule has 2 heterocycles. The lowest BCUT2D eigenvalue weighted by Crippen LogP contribution is -2.53. The van der Waals surface area contributed by atoms with Gasteiger partial charge in [0.15, 0.2) is 0 Å². The van der Waals surface area contributed by atoms with Crippen LogP contribution in [0.15, 0.2) is 12.4 Å². The Morgan fingerprint density at radius 3 is 2.81 bits per heavy atom. The number of amides is 2. The van der Waals surface area contributed by atoms with Gasteiger partial charge in [-0.15, -0.1) is 0 Å². The molecule has 2 fully saturated rings. The van der Waals surface area contributed by atoms with E-state index in [0.29, 0.717) is 31.3 Å². The number of carbonyl (C=O) groups is 1. The number of carbonyl (C=O) groups excluding carboxylic acids is 1. The minimum Gasteiger partial charge on any atom is -0.372 e. The van der Waals surface area contributed by atoms with Crippen LogP contribution in [0.3, 0.4) is 0 Å². The fourth-order valence-electron chi connectivity index (χ4n) is 2.48. The van der Waals surface area contributed by atoms with Crippen molar-refractivity contribution >= 4 is 11.7 Å². The van der Waals surface area contributed by atoms with Gasteiger partial charge in [-0.2, -0.15) is 0 Å². The number of rotatable bonds is 3. The highest BCUT2D eigenvalue weighted by molar-refractivity contribution is 5.89. The number of aromatic nitrogens is 2. The molecular weight excluding hydrogens is 268 g/mol. The van der Waals surface area contributed by atoms with Crippen molar-refractivity contribution in [2.75, 3.05) is 25.0 Å². The van der Waals surface area contributed by atoms with Gasteiger partial charge < -0.3 is 15.0 Å². The van der Waals surface area contributed by atoms with E-state index >= 15 is 0 Å². The predicted molar refractivity (Wildman–Crippen MR) is 79.2 cm³/mol. The van der Waals surface area contributed by atoms with Crippen LogP contribution in [-0.2, 0) is 4.74 Å². The Kier molecular flexibility index (Phi) is 3.80. The van der Waals surface area contributed by atoms with Crippen molar-refractivity contribution in [3.8, 4) is 0 Å². The second kappa shape index (κ2) is 5.60. The van der Waals surface area contributed by atoms with Crippen molar-refractivity contribution in [2.45, 2.75) is 44.6 Å². The van der Waals surface area contributed by atoms with E-state index in [4.69, 9.17) is 4.74 Å². The van der Waals surface area contributed by atoms with Gasteiger partial charge in [-0.05, 0) is 26.2 Å². The summed E-state index contributed by atoms with van der Waals surface area (Å²) in [5, 5.41) is 2.87. The third kappa shape index (κ3) is 3.32. The van der Waals surface area contributed by atoms with Gasteiger partial charge in [0.1, 0.15) is 5.82 Å². The number of morpholine rings is 1. The Labute approximate surface area is 124 Å². The molecule has 1 saturated carbocycles. The minimum absolute atomic E-state index is 0.110. The van der Waals surface area contributed by atoms with Crippen molar-refractivity contribution in [1.29, 1.82) is 0 Å². The van der Waals surface area contributed by atoms with Crippen LogP contribution in [0.5, 0.6) is 0 Å². The maximum atomic E-state index is 12.3. The van der Waals surface area contributed by atoms with E-state index in [1.807, 2.05) is 6.92 Å². The number of nitrogens with zero attached hydrogens (tertiary/aromatic N) is 3. The zero-order chi connectivity index (χ0) is 14.9. The molecule has 1 aliphatic carbocycles. The number of hydrogen-bond donors (Lipinski definition) is 1. The van der Waals surface area contributed by atoms with Crippen molar-refractivity contribution in [1.82, 2.24) is 14.9 Å². The van der Waals surface area contributed by atoms with Crippen molar-refractivity contribution in [3.63, 3.8) is 0 Å². The highest BCUT2D eigenvalue weighted by Gasteiger charge is 2.32. The summed E-state index contributed by atoms with van der Waals surface area (Å²) < 4.78 is 5.75. The predicted octanol–water partition coefficient (Wildman–Crippen LogP) is 2.39. The van der Waals surface area contributed by atoms with E-state index < -0.39 is 0 Å². The lowest BCUT2D eigenvalue weighted by atomic mass is 10.0. The van der Waals surface area contributed by atoms with E-state index in [0.717, 1.165) is 12.2 Å². The molecule has 3 rings (SSSR count). The molecular formula is C15H22N4O2. The van der Waals surface area contributed by atoms with Crippen molar-refractivity contribution < 1.29 is 9.53 Å². The van der Waals surface area contributed by atoms with Crippen LogP contribution in [0, 0.1) is 0 Å². The van der Waals surface area contributed by atoms with Gasteiger partial charge in [-0.3, -0.25) is 0 Å². The lowest BCUT2D eigenvalue weighted by Gasteiger charge is -2.39. The Hall–Kier alpha value is -1.69. The van der Waals surface area contributed by atoms with E-state index in [-0.39, 0.29) is 11.6 Å². The second-order valence-corrected chi connectivity index (χ2v) is 6.11. The molecule has 6 nitrogen and oxygen atoms in total. The minimum atomic E-state index is -0.248. The second-order valence-electron chi connectivity index (χ2n) is 6.11. The Bertz CT molecular complexity index is 515. The van der Waals surface area contributed by atoms with Crippen LogP contribution in [-0.4, -0.2) is 46.2 Å². The lowest BCUT2D eigenvalue weighted by molar-refractivity contribution is -0.0860. The quantitative estimate of drug-likeness (QED) is 0.928. The van der Waals surface area contributed by atoms with Gasteiger partial charge in [-0.1, -0.05) is 6.92 Å². The first kappa shape index (κ1) is 14.3. The fraction of sp³-hybridized carbons (Fsp3) is 0.667. The molecule has 0 bridgehead atoms. The largest absolute Gasteiger partial charge is 0.372 e. The first-order chi connectivity index (χ1) is 10.1. The summed E-state index contributed by atoms with van der Waals surface area (Å²) in [6.45, 7) is 5.92. The van der Waals surface area contributed by atoms with Gasteiger partial charge in [0, 0.05) is 12.5 Å². The van der Waals surface area contributed by atoms with Crippen LogP contribution in [0.25, 0.3) is 0 Å². The summed E-state index contributed by atoms with van der Waals surface area (Å²) in [4.78, 5) is 22.7. The number of urea groups is 1. The monoisotopic (exact) mass is 290 g/mol. The van der Waals surface area contributed by atoms with Gasteiger partial charge in [0.25, 0.3) is 0 Å². The molecule has 1 aromatic heterocycles. The molecule has 21 heavy (non-hydrogen) atoms. The first-order valence-corrected chi connectivity index (χ1v) is 7.61. The molecule has 1 unspecified atom stereocenters. The van der Waals surface area contributed by atoms with E-state index in [1.165, 1.54) is 12.8 Å². The fourth-order valence-corrected chi connectivity index (χ4v) is 2.48. The summed E-state index contributed by atoms with van der Waals surface area (Å²) in [7, 11) is 0. The zero-order valence-corrected chi connectivity index (χ0v) is 12.6. The third-order valence-corrected chi connectivity index (χ3v) is 4.24. The maximum absolute atomic E-state index is 12.3. The summed E-state index contributed by atoms with van der Waals surface area (Å²) in [5.41, 5.74) is 0.399. The highest BCUT2D eigenvalue weighted by atomic mass is 16.5. The molecule has 1 atom stereocenters. The average molecular weight is 290 g/mol. The van der Waals surface area contributed by atoms with Gasteiger partial charge >= 0.3 is 6.03 Å². The summed E-state index contributed by atoms with van der Waals surface area (Å²) in [6, 6.07) is -0.110. The van der Waals surface area contributed by atoms with Gasteiger partial charge in [-0.25, -0.2) is 14.8 Å². The molecule has 6 heteroatoms. The van der Waals surface area contributed by atoms with Crippen LogP contribution in [0.4, 0.5) is 10.5 Å². The van der Waals surface area contributed by atoms with Gasteiger partial charge in [0.05, 0.1) is 36.8 Å². The van der Waals surface area contributed by atoms with Crippen molar-refractivity contribution in [3.05, 3.63) is 18.2 Å². The molecule has 0 radical (unpaired) electrons. The molecule has 114 valence electrons. The highest BCUT2D eigenvalue weighted by Crippen LogP contribution is 2.37. The molecule has 2 aliphatic rings. The third-order valence-electron chi connectivity index (χ3n) is 4.24. The zero-order valence-electron chi connectivity index (χ0n) is 12.6. The van der Waals surface area contributed by atoms with Crippen LogP contribution in [0.2, 0.25) is 0 Å². The molecule has 1 saturated heterocycles. The summed E-state index contributed by atoms with van der Waals surface area (Å²) in [5.74, 6) is 1.41. The maximum Gasteiger partial charge on any atom is 0.322 e. The molecule has 0 spiro atoms. The topological polar surface area (TPSA) is 67.4 Å². The van der Waals surface area contributed by atoms with Crippen molar-refractivity contribution in [2.24, 2.45) is 0 Å². The van der Waals surface area contributed by atoms with E-state index in [2.05, 4.69) is 22.2 Å². The van der Waals surface area contributed by atoms with Gasteiger partial charge in [0.2, 0.25) is 0 Å². The Morgan fingerprint density at radius 2 is 2.19 bits per heavy atom. The first-order valence-electron chi connectivity index (χ1n) is 7.61. The number of hydrogen-bond acceptors (Lipinski definition) is 4. The standard InChI is InChI=1S/C15H22N4O2/c1-3-15(2)10-19(6-7-21-15)14(20)18-12-8-16-13(17-9-12)11-4-5-11/h8-9,11H,3-7,10H2,1-2H3,(H,18,20).